The molecule has 0 aromatic heterocycles. The minimum atomic E-state index is -0.890. The van der Waals surface area contributed by atoms with Crippen molar-refractivity contribution in [2.75, 3.05) is 17.1 Å². The van der Waals surface area contributed by atoms with Crippen molar-refractivity contribution in [2.45, 2.75) is 12.1 Å². The number of para-hydroxylation sites is 1. The first-order chi connectivity index (χ1) is 15.1. The van der Waals surface area contributed by atoms with Gasteiger partial charge in [-0.05, 0) is 54.1 Å². The zero-order chi connectivity index (χ0) is 21.5. The number of fused-ring (bicyclic) bond motifs is 1. The highest BCUT2D eigenvalue weighted by Crippen LogP contribution is 2.47. The van der Waals surface area contributed by atoms with Crippen molar-refractivity contribution in [2.24, 2.45) is 5.92 Å². The Bertz CT molecular complexity index is 1140. The standard InChI is InChI=1S/C24H19BrN2O4/c1-30-19-12-10-17(11-13-19)26-23(28)20-21(15-6-5-7-16(25)14-15)27(31-22(20)24(26)29)18-8-3-2-4-9-18/h2-14,20-22H,1H3/t20-,21-,22+/m0/s1. The van der Waals surface area contributed by atoms with E-state index in [1.54, 1.807) is 36.4 Å². The number of ether oxygens (including phenoxy) is 1. The lowest BCUT2D eigenvalue weighted by molar-refractivity contribution is -0.126. The number of halogens is 1. The Kier molecular flexibility index (Phi) is 5.00. The van der Waals surface area contributed by atoms with Gasteiger partial charge >= 0.3 is 0 Å². The molecule has 0 N–H and O–H groups in total. The van der Waals surface area contributed by atoms with Crippen LogP contribution in [0.5, 0.6) is 5.75 Å². The largest absolute Gasteiger partial charge is 0.497 e. The van der Waals surface area contributed by atoms with Gasteiger partial charge in [0.25, 0.3) is 5.91 Å². The number of amides is 2. The summed E-state index contributed by atoms with van der Waals surface area (Å²) in [5.41, 5.74) is 2.19. The number of carbonyl (C=O) groups excluding carboxylic acids is 2. The number of imide groups is 1. The minimum absolute atomic E-state index is 0.274. The van der Waals surface area contributed by atoms with Crippen LogP contribution in [0.1, 0.15) is 11.6 Å². The van der Waals surface area contributed by atoms with Gasteiger partial charge in [-0.3, -0.25) is 14.4 Å². The van der Waals surface area contributed by atoms with Crippen LogP contribution in [-0.4, -0.2) is 25.0 Å². The van der Waals surface area contributed by atoms with Gasteiger partial charge in [-0.1, -0.05) is 46.3 Å². The smallest absolute Gasteiger partial charge is 0.266 e. The van der Waals surface area contributed by atoms with E-state index in [0.29, 0.717) is 11.4 Å². The van der Waals surface area contributed by atoms with Crippen LogP contribution in [-0.2, 0) is 14.4 Å². The zero-order valence-electron chi connectivity index (χ0n) is 16.6. The number of benzene rings is 3. The lowest BCUT2D eigenvalue weighted by Gasteiger charge is -2.28. The highest BCUT2D eigenvalue weighted by Gasteiger charge is 2.60. The summed E-state index contributed by atoms with van der Waals surface area (Å²) < 4.78 is 6.08. The van der Waals surface area contributed by atoms with Gasteiger partial charge in [-0.2, -0.15) is 0 Å². The summed E-state index contributed by atoms with van der Waals surface area (Å²) in [7, 11) is 1.57. The molecule has 0 aliphatic carbocycles. The Balaban J connectivity index is 1.57. The van der Waals surface area contributed by atoms with Gasteiger partial charge in [0, 0.05) is 4.47 Å². The van der Waals surface area contributed by atoms with Gasteiger partial charge in [-0.15, -0.1) is 0 Å². The maximum Gasteiger partial charge on any atom is 0.266 e. The number of hydroxylamine groups is 1. The van der Waals surface area contributed by atoms with E-state index in [2.05, 4.69) is 15.9 Å². The van der Waals surface area contributed by atoms with E-state index in [0.717, 1.165) is 15.7 Å². The van der Waals surface area contributed by atoms with E-state index < -0.39 is 18.1 Å². The monoisotopic (exact) mass is 478 g/mol. The molecule has 2 aliphatic rings. The summed E-state index contributed by atoms with van der Waals surface area (Å²) >= 11 is 3.51. The van der Waals surface area contributed by atoms with Crippen LogP contribution in [0.3, 0.4) is 0 Å². The highest BCUT2D eigenvalue weighted by molar-refractivity contribution is 9.10. The molecule has 2 amide bonds. The molecule has 0 unspecified atom stereocenters. The third kappa shape index (κ3) is 3.30. The van der Waals surface area contributed by atoms with Crippen LogP contribution in [0.4, 0.5) is 11.4 Å². The average molecular weight is 479 g/mol. The van der Waals surface area contributed by atoms with Crippen molar-refractivity contribution in [1.82, 2.24) is 0 Å². The van der Waals surface area contributed by atoms with Gasteiger partial charge < -0.3 is 4.74 Å². The summed E-state index contributed by atoms with van der Waals surface area (Å²) in [4.78, 5) is 34.2. The van der Waals surface area contributed by atoms with Crippen molar-refractivity contribution >= 4 is 39.1 Å². The number of hydrogen-bond donors (Lipinski definition) is 0. The van der Waals surface area contributed by atoms with Crippen LogP contribution < -0.4 is 14.7 Å². The lowest BCUT2D eigenvalue weighted by atomic mass is 9.90. The first-order valence-electron chi connectivity index (χ1n) is 9.87. The van der Waals surface area contributed by atoms with Crippen molar-refractivity contribution in [3.05, 3.63) is 88.9 Å². The first-order valence-corrected chi connectivity index (χ1v) is 10.7. The fourth-order valence-electron chi connectivity index (χ4n) is 4.23. The predicted octanol–water partition coefficient (Wildman–Crippen LogP) is 4.51. The number of carbonyl (C=O) groups is 2. The molecule has 5 rings (SSSR count). The molecule has 3 atom stereocenters. The van der Waals surface area contributed by atoms with Crippen molar-refractivity contribution in [3.8, 4) is 5.75 Å². The lowest BCUT2D eigenvalue weighted by Crippen LogP contribution is -2.37. The molecule has 0 spiro atoms. The Hall–Kier alpha value is -3.16. The van der Waals surface area contributed by atoms with Crippen LogP contribution in [0, 0.1) is 5.92 Å². The SMILES string of the molecule is COc1ccc(N2C(=O)[C@@H]3[C@@H](ON(c4ccccc4)[C@H]3c3cccc(Br)c3)C2=O)cc1. The molecule has 6 nitrogen and oxygen atoms in total. The summed E-state index contributed by atoms with van der Waals surface area (Å²) in [6.07, 6.45) is -0.890. The normalized spacial score (nSPS) is 22.7. The molecule has 0 bridgehead atoms. The second-order valence-corrected chi connectivity index (χ2v) is 8.34. The molecular weight excluding hydrogens is 460 g/mol. The molecule has 0 radical (unpaired) electrons. The average Bonchev–Trinajstić information content (AvgIpc) is 3.31. The molecule has 2 saturated heterocycles. The Labute approximate surface area is 188 Å². The summed E-state index contributed by atoms with van der Waals surface area (Å²) in [6, 6.07) is 23.7. The number of rotatable bonds is 4. The number of nitrogens with zero attached hydrogens (tertiary/aromatic N) is 2. The quantitative estimate of drug-likeness (QED) is 0.516. The molecule has 3 aromatic carbocycles. The summed E-state index contributed by atoms with van der Waals surface area (Å²) in [5, 5.41) is 1.69. The van der Waals surface area contributed by atoms with Crippen LogP contribution in [0.15, 0.2) is 83.3 Å². The Morgan fingerprint density at radius 2 is 1.61 bits per heavy atom. The number of anilines is 2. The third-order valence-corrected chi connectivity index (χ3v) is 6.14. The molecular formula is C24H19BrN2O4. The maximum absolute atomic E-state index is 13.6. The predicted molar refractivity (Wildman–Crippen MR) is 120 cm³/mol. The van der Waals surface area contributed by atoms with E-state index in [-0.39, 0.29) is 11.8 Å². The molecule has 156 valence electrons. The van der Waals surface area contributed by atoms with Gasteiger partial charge in [0.2, 0.25) is 5.91 Å². The number of methoxy groups -OCH3 is 1. The fraction of sp³-hybridized carbons (Fsp3) is 0.167. The van der Waals surface area contributed by atoms with Crippen LogP contribution >= 0.6 is 15.9 Å². The van der Waals surface area contributed by atoms with Crippen molar-refractivity contribution < 1.29 is 19.2 Å². The molecule has 2 fully saturated rings. The molecule has 3 aromatic rings. The van der Waals surface area contributed by atoms with Gasteiger partial charge in [0.15, 0.2) is 6.10 Å². The van der Waals surface area contributed by atoms with E-state index in [1.165, 1.54) is 4.90 Å². The second kappa shape index (κ2) is 7.83. The summed E-state index contributed by atoms with van der Waals surface area (Å²) in [5.74, 6) is -0.646. The van der Waals surface area contributed by atoms with Crippen LogP contribution in [0.25, 0.3) is 0 Å². The minimum Gasteiger partial charge on any atom is -0.497 e. The molecule has 2 heterocycles. The topological polar surface area (TPSA) is 59.1 Å². The Morgan fingerprint density at radius 1 is 0.871 bits per heavy atom. The van der Waals surface area contributed by atoms with E-state index in [1.807, 2.05) is 54.6 Å². The van der Waals surface area contributed by atoms with Crippen molar-refractivity contribution in [3.63, 3.8) is 0 Å². The highest BCUT2D eigenvalue weighted by atomic mass is 79.9. The van der Waals surface area contributed by atoms with E-state index in [4.69, 9.17) is 9.57 Å². The zero-order valence-corrected chi connectivity index (χ0v) is 18.2. The van der Waals surface area contributed by atoms with E-state index in [9.17, 15) is 9.59 Å². The molecule has 2 aliphatic heterocycles. The van der Waals surface area contributed by atoms with Crippen LogP contribution in [0.2, 0.25) is 0 Å². The Morgan fingerprint density at radius 3 is 2.29 bits per heavy atom. The third-order valence-electron chi connectivity index (χ3n) is 5.65. The summed E-state index contributed by atoms with van der Waals surface area (Å²) in [6.45, 7) is 0. The van der Waals surface area contributed by atoms with Crippen molar-refractivity contribution in [1.29, 1.82) is 0 Å². The number of hydrogen-bond acceptors (Lipinski definition) is 5. The molecule has 7 heteroatoms. The van der Waals surface area contributed by atoms with Gasteiger partial charge in [-0.25, -0.2) is 9.96 Å². The van der Waals surface area contributed by atoms with Gasteiger partial charge in [0.1, 0.15) is 11.7 Å². The second-order valence-electron chi connectivity index (χ2n) is 7.42. The maximum atomic E-state index is 13.6. The van der Waals surface area contributed by atoms with E-state index >= 15 is 0 Å². The fourth-order valence-corrected chi connectivity index (χ4v) is 4.65. The first kappa shape index (κ1) is 19.8. The molecule has 0 saturated carbocycles. The molecule has 31 heavy (non-hydrogen) atoms. The van der Waals surface area contributed by atoms with Gasteiger partial charge in [0.05, 0.1) is 24.5 Å².